The van der Waals surface area contributed by atoms with Gasteiger partial charge in [0.25, 0.3) is 0 Å². The molecular weight excluding hydrogens is 259 g/mol. The van der Waals surface area contributed by atoms with Crippen LogP contribution in [0.4, 0.5) is 0 Å². The van der Waals surface area contributed by atoms with Crippen LogP contribution in [-0.2, 0) is 11.0 Å². The minimum atomic E-state index is -2.43. The Hall–Kier alpha value is -1.70. The number of rotatable bonds is 4. The molecule has 2 aromatic rings. The standard InChI is InChI=1S/C15H15O3P/c1-2-5-11-8-9-12(14(16)10-11)13-6-3-4-7-15(13)19(17)18/h3-4,6-10H,2,5H2,1H3,(H-,16,17,18)/p+1. The maximum absolute atomic E-state index is 11.3. The van der Waals surface area contributed by atoms with Gasteiger partial charge < -0.3 is 5.11 Å². The first-order valence-electron chi connectivity index (χ1n) is 6.21. The summed E-state index contributed by atoms with van der Waals surface area (Å²) in [4.78, 5) is 9.32. The highest BCUT2D eigenvalue weighted by atomic mass is 31.1. The molecule has 0 heterocycles. The first-order valence-corrected chi connectivity index (χ1v) is 7.42. The van der Waals surface area contributed by atoms with E-state index in [0.717, 1.165) is 18.4 Å². The third-order valence-corrected chi connectivity index (χ3v) is 3.80. The van der Waals surface area contributed by atoms with Gasteiger partial charge in [-0.2, -0.15) is 4.89 Å². The zero-order valence-corrected chi connectivity index (χ0v) is 11.6. The van der Waals surface area contributed by atoms with E-state index < -0.39 is 8.03 Å². The molecule has 0 saturated carbocycles. The molecule has 0 bridgehead atoms. The Morgan fingerprint density at radius 3 is 2.47 bits per heavy atom. The van der Waals surface area contributed by atoms with Gasteiger partial charge in [0.05, 0.1) is 0 Å². The molecule has 0 aliphatic rings. The average Bonchev–Trinajstić information content (AvgIpc) is 2.39. The molecule has 0 spiro atoms. The van der Waals surface area contributed by atoms with Crippen LogP contribution in [0.25, 0.3) is 11.1 Å². The monoisotopic (exact) mass is 275 g/mol. The number of hydrogen-bond donors (Lipinski definition) is 2. The van der Waals surface area contributed by atoms with Gasteiger partial charge in [-0.05, 0) is 34.7 Å². The molecule has 2 rings (SSSR count). The van der Waals surface area contributed by atoms with Crippen molar-refractivity contribution in [3.63, 3.8) is 0 Å². The molecule has 0 radical (unpaired) electrons. The summed E-state index contributed by atoms with van der Waals surface area (Å²) < 4.78 is 11.3. The predicted molar refractivity (Wildman–Crippen MR) is 77.0 cm³/mol. The zero-order valence-electron chi connectivity index (χ0n) is 10.7. The van der Waals surface area contributed by atoms with E-state index >= 15 is 0 Å². The Bertz CT molecular complexity index is 608. The number of aromatic hydroxyl groups is 1. The predicted octanol–water partition coefficient (Wildman–Crippen LogP) is 3.37. The molecule has 0 aliphatic heterocycles. The van der Waals surface area contributed by atoms with E-state index in [4.69, 9.17) is 0 Å². The van der Waals surface area contributed by atoms with E-state index in [1.54, 1.807) is 36.4 Å². The average molecular weight is 275 g/mol. The molecule has 0 amide bonds. The molecular formula is C15H16O3P+. The summed E-state index contributed by atoms with van der Waals surface area (Å²) >= 11 is 0. The van der Waals surface area contributed by atoms with Gasteiger partial charge in [0.2, 0.25) is 5.30 Å². The van der Waals surface area contributed by atoms with Crippen LogP contribution in [0.1, 0.15) is 18.9 Å². The third-order valence-electron chi connectivity index (χ3n) is 3.00. The zero-order chi connectivity index (χ0) is 13.8. The van der Waals surface area contributed by atoms with Crippen molar-refractivity contribution in [1.29, 1.82) is 0 Å². The Kier molecular flexibility index (Phi) is 4.31. The van der Waals surface area contributed by atoms with Crippen molar-refractivity contribution in [3.05, 3.63) is 48.0 Å². The Balaban J connectivity index is 2.50. The van der Waals surface area contributed by atoms with Crippen molar-refractivity contribution in [1.82, 2.24) is 0 Å². The van der Waals surface area contributed by atoms with Crippen LogP contribution in [0.3, 0.4) is 0 Å². The van der Waals surface area contributed by atoms with E-state index in [2.05, 4.69) is 6.92 Å². The van der Waals surface area contributed by atoms with Gasteiger partial charge in [0, 0.05) is 11.1 Å². The molecule has 98 valence electrons. The fourth-order valence-electron chi connectivity index (χ4n) is 2.12. The number of phenols is 1. The second-order valence-corrected chi connectivity index (χ2v) is 5.42. The van der Waals surface area contributed by atoms with Crippen LogP contribution < -0.4 is 5.30 Å². The van der Waals surface area contributed by atoms with Crippen LogP contribution in [0.5, 0.6) is 5.75 Å². The minimum Gasteiger partial charge on any atom is -0.507 e. The summed E-state index contributed by atoms with van der Waals surface area (Å²) in [5.41, 5.74) is 2.26. The normalized spacial score (nSPS) is 11.4. The second kappa shape index (κ2) is 5.96. The smallest absolute Gasteiger partial charge is 0.507 e. The fourth-order valence-corrected chi connectivity index (χ4v) is 2.73. The Morgan fingerprint density at radius 2 is 1.84 bits per heavy atom. The van der Waals surface area contributed by atoms with E-state index in [1.165, 1.54) is 0 Å². The van der Waals surface area contributed by atoms with Crippen LogP contribution in [0, 0.1) is 0 Å². The summed E-state index contributed by atoms with van der Waals surface area (Å²) in [5, 5.41) is 10.4. The van der Waals surface area contributed by atoms with Gasteiger partial charge in [-0.3, -0.25) is 0 Å². The third kappa shape index (κ3) is 3.01. The quantitative estimate of drug-likeness (QED) is 0.841. The van der Waals surface area contributed by atoms with Gasteiger partial charge in [-0.1, -0.05) is 37.6 Å². The lowest BCUT2D eigenvalue weighted by Crippen LogP contribution is -2.01. The van der Waals surface area contributed by atoms with E-state index in [9.17, 15) is 14.6 Å². The lowest BCUT2D eigenvalue weighted by atomic mass is 10.0. The molecule has 0 fully saturated rings. The van der Waals surface area contributed by atoms with Gasteiger partial charge in [-0.25, -0.2) is 0 Å². The number of aryl methyl sites for hydroxylation is 1. The fraction of sp³-hybridized carbons (Fsp3) is 0.200. The lowest BCUT2D eigenvalue weighted by Gasteiger charge is -2.07. The summed E-state index contributed by atoms with van der Waals surface area (Å²) in [6.45, 7) is 2.08. The molecule has 4 heteroatoms. The van der Waals surface area contributed by atoms with Crippen LogP contribution >= 0.6 is 8.03 Å². The van der Waals surface area contributed by atoms with Gasteiger partial charge in [-0.15, -0.1) is 0 Å². The van der Waals surface area contributed by atoms with Crippen molar-refractivity contribution >= 4 is 13.3 Å². The topological polar surface area (TPSA) is 57.5 Å². The molecule has 1 atom stereocenters. The molecule has 0 aromatic heterocycles. The van der Waals surface area contributed by atoms with Crippen LogP contribution in [0.2, 0.25) is 0 Å². The highest BCUT2D eigenvalue weighted by molar-refractivity contribution is 7.47. The van der Waals surface area contributed by atoms with Gasteiger partial charge >= 0.3 is 8.03 Å². The van der Waals surface area contributed by atoms with Crippen molar-refractivity contribution in [2.75, 3.05) is 0 Å². The van der Waals surface area contributed by atoms with Gasteiger partial charge in [0.1, 0.15) is 5.75 Å². The second-order valence-electron chi connectivity index (χ2n) is 4.39. The van der Waals surface area contributed by atoms with Crippen LogP contribution in [-0.4, -0.2) is 10.00 Å². The molecule has 3 nitrogen and oxygen atoms in total. The lowest BCUT2D eigenvalue weighted by molar-refractivity contribution is 0.476. The van der Waals surface area contributed by atoms with E-state index in [0.29, 0.717) is 16.4 Å². The SMILES string of the molecule is CCCc1ccc(-c2ccccc2[P+](=O)O)c(O)c1. The summed E-state index contributed by atoms with van der Waals surface area (Å²) in [7, 11) is -2.43. The van der Waals surface area contributed by atoms with E-state index in [1.807, 2.05) is 6.07 Å². The molecule has 1 unspecified atom stereocenters. The van der Waals surface area contributed by atoms with Crippen molar-refractivity contribution in [3.8, 4) is 16.9 Å². The first-order chi connectivity index (χ1) is 9.13. The summed E-state index contributed by atoms with van der Waals surface area (Å²) in [6, 6.07) is 12.3. The number of hydrogen-bond acceptors (Lipinski definition) is 2. The highest BCUT2D eigenvalue weighted by Gasteiger charge is 2.23. The van der Waals surface area contributed by atoms with Crippen molar-refractivity contribution in [2.24, 2.45) is 0 Å². The largest absolute Gasteiger partial charge is 0.546 e. The van der Waals surface area contributed by atoms with Crippen molar-refractivity contribution in [2.45, 2.75) is 19.8 Å². The summed E-state index contributed by atoms with van der Waals surface area (Å²) in [6.07, 6.45) is 1.92. The van der Waals surface area contributed by atoms with E-state index in [-0.39, 0.29) is 5.75 Å². The van der Waals surface area contributed by atoms with Crippen LogP contribution in [0.15, 0.2) is 42.5 Å². The Morgan fingerprint density at radius 1 is 1.11 bits per heavy atom. The summed E-state index contributed by atoms with van der Waals surface area (Å²) in [5.74, 6) is 0.148. The number of phenolic OH excluding ortho intramolecular Hbond substituents is 1. The molecule has 19 heavy (non-hydrogen) atoms. The maximum Gasteiger partial charge on any atom is 0.546 e. The maximum atomic E-state index is 11.3. The van der Waals surface area contributed by atoms with Gasteiger partial charge in [0.15, 0.2) is 0 Å². The minimum absolute atomic E-state index is 0.148. The Labute approximate surface area is 113 Å². The highest BCUT2D eigenvalue weighted by Crippen LogP contribution is 2.32. The molecule has 2 aromatic carbocycles. The van der Waals surface area contributed by atoms with Crippen molar-refractivity contribution < 1.29 is 14.6 Å². The molecule has 2 N–H and O–H groups in total. The number of benzene rings is 2. The molecule has 0 aliphatic carbocycles. The first kappa shape index (κ1) is 13.7. The molecule has 0 saturated heterocycles.